The number of carbonyl (C=O) groups is 2. The van der Waals surface area contributed by atoms with Gasteiger partial charge >= 0.3 is 12.0 Å². The Kier molecular flexibility index (Phi) is 5.87. The van der Waals surface area contributed by atoms with Crippen LogP contribution in [0, 0.1) is 5.92 Å². The lowest BCUT2D eigenvalue weighted by molar-refractivity contribution is -0.138. The Morgan fingerprint density at radius 2 is 2.11 bits per heavy atom. The van der Waals surface area contributed by atoms with Crippen molar-refractivity contribution in [1.29, 1.82) is 0 Å². The molecule has 0 bridgehead atoms. The predicted molar refractivity (Wildman–Crippen MR) is 65.2 cm³/mol. The number of carboxylic acids is 1. The Morgan fingerprint density at radius 1 is 1.50 bits per heavy atom. The van der Waals surface area contributed by atoms with Crippen LogP contribution in [0.4, 0.5) is 4.79 Å². The molecule has 1 heterocycles. The van der Waals surface area contributed by atoms with Crippen molar-refractivity contribution in [3.8, 4) is 0 Å². The van der Waals surface area contributed by atoms with Gasteiger partial charge in [0.15, 0.2) is 0 Å². The zero-order valence-corrected chi connectivity index (χ0v) is 10.6. The van der Waals surface area contributed by atoms with Crippen LogP contribution in [0.3, 0.4) is 0 Å². The van der Waals surface area contributed by atoms with E-state index in [4.69, 9.17) is 15.6 Å². The van der Waals surface area contributed by atoms with E-state index >= 15 is 0 Å². The van der Waals surface area contributed by atoms with Gasteiger partial charge in [0, 0.05) is 33.4 Å². The van der Waals surface area contributed by atoms with Crippen LogP contribution < -0.4 is 11.1 Å². The van der Waals surface area contributed by atoms with Crippen molar-refractivity contribution in [3.05, 3.63) is 0 Å². The fraction of sp³-hybridized carbons (Fsp3) is 0.818. The molecule has 0 aromatic carbocycles. The van der Waals surface area contributed by atoms with Gasteiger partial charge in [0.25, 0.3) is 0 Å². The molecule has 0 unspecified atom stereocenters. The number of hydrogen-bond acceptors (Lipinski definition) is 4. The summed E-state index contributed by atoms with van der Waals surface area (Å²) in [6.45, 7) is 2.07. The fourth-order valence-electron chi connectivity index (χ4n) is 1.82. The highest BCUT2D eigenvalue weighted by Gasteiger charge is 2.19. The van der Waals surface area contributed by atoms with Gasteiger partial charge in [-0.1, -0.05) is 0 Å². The zero-order valence-electron chi connectivity index (χ0n) is 10.6. The van der Waals surface area contributed by atoms with E-state index in [0.29, 0.717) is 12.5 Å². The van der Waals surface area contributed by atoms with Crippen LogP contribution in [0.15, 0.2) is 0 Å². The van der Waals surface area contributed by atoms with E-state index in [1.807, 2.05) is 0 Å². The summed E-state index contributed by atoms with van der Waals surface area (Å²) in [6.07, 6.45) is 1.90. The lowest BCUT2D eigenvalue weighted by Crippen LogP contribution is -2.47. The molecule has 1 aliphatic heterocycles. The number of amides is 2. The van der Waals surface area contributed by atoms with Crippen LogP contribution in [-0.2, 0) is 9.53 Å². The topological polar surface area (TPSA) is 105 Å². The third kappa shape index (κ3) is 4.89. The smallest absolute Gasteiger partial charge is 0.322 e. The molecule has 18 heavy (non-hydrogen) atoms. The quantitative estimate of drug-likeness (QED) is 0.615. The number of carboxylic acid groups (broad SMARTS) is 1. The minimum Gasteiger partial charge on any atom is -0.480 e. The first-order valence-corrected chi connectivity index (χ1v) is 6.05. The molecule has 1 fully saturated rings. The highest BCUT2D eigenvalue weighted by molar-refractivity contribution is 5.77. The third-order valence-corrected chi connectivity index (χ3v) is 3.01. The lowest BCUT2D eigenvalue weighted by atomic mass is 10.00. The molecule has 0 radical (unpaired) electrons. The number of ether oxygens (including phenoxy) is 1. The summed E-state index contributed by atoms with van der Waals surface area (Å²) in [4.78, 5) is 23.7. The van der Waals surface area contributed by atoms with Gasteiger partial charge in [-0.25, -0.2) is 4.79 Å². The third-order valence-electron chi connectivity index (χ3n) is 3.01. The molecule has 7 heteroatoms. The number of urea groups is 1. The molecule has 1 saturated heterocycles. The molecule has 1 rings (SSSR count). The molecule has 1 atom stereocenters. The van der Waals surface area contributed by atoms with Crippen molar-refractivity contribution in [2.45, 2.75) is 18.9 Å². The summed E-state index contributed by atoms with van der Waals surface area (Å²) >= 11 is 0. The second-order valence-corrected chi connectivity index (χ2v) is 4.57. The largest absolute Gasteiger partial charge is 0.480 e. The van der Waals surface area contributed by atoms with Gasteiger partial charge in [-0.05, 0) is 18.8 Å². The molecule has 0 spiro atoms. The number of nitrogens with one attached hydrogen (secondary N) is 1. The van der Waals surface area contributed by atoms with Gasteiger partial charge in [0.05, 0.1) is 0 Å². The molecule has 104 valence electrons. The normalized spacial score (nSPS) is 18.1. The predicted octanol–water partition coefficient (Wildman–Crippen LogP) is -0.534. The Hall–Kier alpha value is -1.34. The molecular formula is C11H21N3O4. The molecule has 4 N–H and O–H groups in total. The summed E-state index contributed by atoms with van der Waals surface area (Å²) in [6, 6.07) is -1.36. The summed E-state index contributed by atoms with van der Waals surface area (Å²) in [7, 11) is 1.69. The zero-order chi connectivity index (χ0) is 13.5. The maximum absolute atomic E-state index is 11.7. The van der Waals surface area contributed by atoms with Gasteiger partial charge in [0.1, 0.15) is 6.04 Å². The maximum atomic E-state index is 11.7. The van der Waals surface area contributed by atoms with Gasteiger partial charge in [-0.3, -0.25) is 4.79 Å². The van der Waals surface area contributed by atoms with Crippen molar-refractivity contribution < 1.29 is 19.4 Å². The molecule has 0 aromatic rings. The lowest BCUT2D eigenvalue weighted by Gasteiger charge is -2.27. The van der Waals surface area contributed by atoms with E-state index in [1.54, 1.807) is 11.9 Å². The van der Waals surface area contributed by atoms with Crippen LogP contribution in [0.2, 0.25) is 0 Å². The van der Waals surface area contributed by atoms with Crippen LogP contribution >= 0.6 is 0 Å². The number of rotatable bonds is 5. The van der Waals surface area contributed by atoms with Gasteiger partial charge < -0.3 is 25.8 Å². The van der Waals surface area contributed by atoms with Crippen LogP contribution in [0.5, 0.6) is 0 Å². The van der Waals surface area contributed by atoms with Crippen molar-refractivity contribution in [1.82, 2.24) is 10.2 Å². The van der Waals surface area contributed by atoms with Gasteiger partial charge in [-0.2, -0.15) is 0 Å². The highest BCUT2D eigenvalue weighted by atomic mass is 16.5. The highest BCUT2D eigenvalue weighted by Crippen LogP contribution is 2.15. The minimum absolute atomic E-state index is 0.0632. The number of aliphatic carboxylic acids is 1. The van der Waals surface area contributed by atoms with E-state index in [-0.39, 0.29) is 12.6 Å². The van der Waals surface area contributed by atoms with Gasteiger partial charge in [-0.15, -0.1) is 0 Å². The van der Waals surface area contributed by atoms with E-state index in [9.17, 15) is 9.59 Å². The van der Waals surface area contributed by atoms with Crippen molar-refractivity contribution in [2.75, 3.05) is 33.4 Å². The monoisotopic (exact) mass is 259 g/mol. The van der Waals surface area contributed by atoms with Crippen LogP contribution in [0.25, 0.3) is 0 Å². The van der Waals surface area contributed by atoms with Crippen LogP contribution in [-0.4, -0.2) is 61.4 Å². The summed E-state index contributed by atoms with van der Waals surface area (Å²) in [5, 5.41) is 11.1. The fourth-order valence-corrected chi connectivity index (χ4v) is 1.82. The summed E-state index contributed by atoms with van der Waals surface area (Å²) in [5.41, 5.74) is 5.30. The first-order chi connectivity index (χ1) is 8.50. The molecule has 0 saturated carbocycles. The minimum atomic E-state index is -1.12. The Balaban J connectivity index is 2.25. The van der Waals surface area contributed by atoms with Crippen molar-refractivity contribution in [2.24, 2.45) is 11.7 Å². The first kappa shape index (κ1) is 14.7. The molecule has 7 nitrogen and oxygen atoms in total. The molecule has 1 aliphatic rings. The van der Waals surface area contributed by atoms with Gasteiger partial charge in [0.2, 0.25) is 0 Å². The SMILES string of the molecule is CN(CC1CCOCC1)C(=O)NC[C@H](N)C(=O)O. The average molecular weight is 259 g/mol. The van der Waals surface area contributed by atoms with E-state index in [1.165, 1.54) is 0 Å². The standard InChI is InChI=1S/C11H21N3O4/c1-14(7-8-2-4-18-5-3-8)11(17)13-6-9(12)10(15)16/h8-9H,2-7,12H2,1H3,(H,13,17)(H,15,16)/t9-/m0/s1. The van der Waals surface area contributed by atoms with Crippen molar-refractivity contribution in [3.63, 3.8) is 0 Å². The number of carbonyl (C=O) groups excluding carboxylic acids is 1. The summed E-state index contributed by atoms with van der Waals surface area (Å²) < 4.78 is 5.25. The molecule has 0 aliphatic carbocycles. The Bertz CT molecular complexity index is 292. The van der Waals surface area contributed by atoms with Crippen molar-refractivity contribution >= 4 is 12.0 Å². The first-order valence-electron chi connectivity index (χ1n) is 6.05. The molecule has 0 aromatic heterocycles. The average Bonchev–Trinajstić information content (AvgIpc) is 2.36. The van der Waals surface area contributed by atoms with Crippen LogP contribution in [0.1, 0.15) is 12.8 Å². The maximum Gasteiger partial charge on any atom is 0.322 e. The summed E-state index contributed by atoms with van der Waals surface area (Å²) in [5.74, 6) is -0.676. The second-order valence-electron chi connectivity index (χ2n) is 4.57. The molecular weight excluding hydrogens is 238 g/mol. The van der Waals surface area contributed by atoms with E-state index in [2.05, 4.69) is 5.32 Å². The molecule has 2 amide bonds. The van der Waals surface area contributed by atoms with E-state index in [0.717, 1.165) is 26.1 Å². The Morgan fingerprint density at radius 3 is 2.67 bits per heavy atom. The van der Waals surface area contributed by atoms with E-state index < -0.39 is 12.0 Å². The Labute approximate surface area is 106 Å². The second kappa shape index (κ2) is 7.17. The number of nitrogens with two attached hydrogens (primary N) is 1. The number of hydrogen-bond donors (Lipinski definition) is 3. The number of nitrogens with zero attached hydrogens (tertiary/aromatic N) is 1.